The minimum Gasteiger partial charge on any atom is -0.481 e. The fourth-order valence-corrected chi connectivity index (χ4v) is 9.46. The van der Waals surface area contributed by atoms with Crippen molar-refractivity contribution >= 4 is 82.2 Å². The van der Waals surface area contributed by atoms with Gasteiger partial charge < -0.3 is 75.6 Å². The molecule has 8 N–H and O–H groups in total. The lowest BCUT2D eigenvalue weighted by Crippen LogP contribution is -2.60. The van der Waals surface area contributed by atoms with Crippen molar-refractivity contribution < 1.29 is 86.3 Å². The van der Waals surface area contributed by atoms with Crippen LogP contribution in [0.2, 0.25) is 0 Å². The second-order valence-corrected chi connectivity index (χ2v) is 23.7. The van der Waals surface area contributed by atoms with Crippen LogP contribution in [0.5, 0.6) is 5.75 Å². The van der Waals surface area contributed by atoms with E-state index in [1.165, 1.54) is 45.2 Å². The summed E-state index contributed by atoms with van der Waals surface area (Å²) in [7, 11) is 5.18. The summed E-state index contributed by atoms with van der Waals surface area (Å²) in [6.07, 6.45) is -0.846. The number of ether oxygens (including phenoxy) is 6. The highest BCUT2D eigenvalue weighted by molar-refractivity contribution is 7.09. The number of esters is 2. The van der Waals surface area contributed by atoms with Crippen LogP contribution in [0.25, 0.3) is 0 Å². The van der Waals surface area contributed by atoms with Crippen molar-refractivity contribution in [2.45, 2.75) is 150 Å². The molecular weight excluding hydrogens is 1190 g/mol. The van der Waals surface area contributed by atoms with Gasteiger partial charge in [0.05, 0.1) is 76.4 Å². The Morgan fingerprint density at radius 2 is 1.38 bits per heavy atom. The van der Waals surface area contributed by atoms with Crippen LogP contribution in [0.1, 0.15) is 129 Å². The molecule has 2 aromatic rings. The summed E-state index contributed by atoms with van der Waals surface area (Å²) in [6, 6.07) is -0.227. The summed E-state index contributed by atoms with van der Waals surface area (Å²) in [5.74, 6) is -4.45. The first-order chi connectivity index (χ1) is 42.4. The summed E-state index contributed by atoms with van der Waals surface area (Å²) < 4.78 is 33.3. The van der Waals surface area contributed by atoms with Crippen LogP contribution in [-0.4, -0.2) is 208 Å². The van der Waals surface area contributed by atoms with Gasteiger partial charge in [0.25, 0.3) is 17.7 Å². The van der Waals surface area contributed by atoms with E-state index in [9.17, 15) is 57.8 Å². The summed E-state index contributed by atoms with van der Waals surface area (Å²) >= 11 is 1.04. The molecule has 90 heavy (non-hydrogen) atoms. The second-order valence-electron chi connectivity index (χ2n) is 22.8. The molecule has 28 nitrogen and oxygen atoms in total. The minimum absolute atomic E-state index is 0.00888. The van der Waals surface area contributed by atoms with Crippen LogP contribution in [0.4, 0.5) is 5.69 Å². The topological polar surface area (TPSA) is 367 Å². The lowest BCUT2D eigenvalue weighted by Gasteiger charge is -2.38. The van der Waals surface area contributed by atoms with Crippen molar-refractivity contribution in [2.24, 2.45) is 17.8 Å². The quantitative estimate of drug-likeness (QED) is 0.0565. The molecule has 0 fully saturated rings. The highest BCUT2D eigenvalue weighted by Crippen LogP contribution is 2.32. The highest BCUT2D eigenvalue weighted by atomic mass is 32.1. The van der Waals surface area contributed by atoms with Gasteiger partial charge in [0.2, 0.25) is 29.5 Å². The van der Waals surface area contributed by atoms with Crippen molar-refractivity contribution in [3.8, 4) is 17.6 Å². The van der Waals surface area contributed by atoms with Crippen molar-refractivity contribution in [1.82, 2.24) is 46.7 Å². The van der Waals surface area contributed by atoms with Crippen LogP contribution in [0, 0.1) is 29.6 Å². The molecule has 1 aromatic carbocycles. The predicted molar refractivity (Wildman–Crippen MR) is 330 cm³/mol. The van der Waals surface area contributed by atoms with E-state index in [2.05, 4.69) is 54.0 Å². The number of hydrogen-bond acceptors (Lipinski definition) is 20. The minimum atomic E-state index is -1.22. The monoisotopic (exact) mass is 1280 g/mol. The van der Waals surface area contributed by atoms with Gasteiger partial charge in [-0.25, -0.2) is 4.98 Å². The maximum Gasteiger partial charge on any atom is 0.313 e. The van der Waals surface area contributed by atoms with E-state index in [0.29, 0.717) is 12.0 Å². The number of aromatic nitrogens is 1. The van der Waals surface area contributed by atoms with E-state index in [-0.39, 0.29) is 144 Å². The molecule has 1 aliphatic rings. The highest BCUT2D eigenvalue weighted by Gasteiger charge is 2.39. The van der Waals surface area contributed by atoms with Gasteiger partial charge in [0.15, 0.2) is 11.9 Å². The number of hydrogen-bond donors (Lipinski definition) is 8. The van der Waals surface area contributed by atoms with Crippen molar-refractivity contribution in [3.63, 3.8) is 0 Å². The van der Waals surface area contributed by atoms with E-state index in [1.807, 2.05) is 27.7 Å². The van der Waals surface area contributed by atoms with Gasteiger partial charge in [-0.15, -0.1) is 11.3 Å². The molecule has 0 radical (unpaired) electrons. The average molecular weight is 1290 g/mol. The fourth-order valence-electron chi connectivity index (χ4n) is 8.62. The maximum absolute atomic E-state index is 14.4. The largest absolute Gasteiger partial charge is 0.481 e. The molecule has 8 amide bonds. The standard InChI is InChI=1S/C61H92N10O18S/c1-14-37(4)53(69-60(83)61(9,10)70(11)12)58(80)71(13)46(36(2)3)34-48(88-41(8)72)57-68-45(35-90-57)56(79)66-43(31-38(5)59(81)82)32-42-15-16-47-44(33-42)67-55(78)40(7)65-54(77)39(6)64-51(75)19-23-84-27-29-86-25-21-62-49(73)17-18-50(74)63-22-26-87-30-28-85-24-20-52(76)89-47/h15-16,33,35-40,43,46,48,53H,14,19-32,34H2,1-13H3,(H,62,73)(H,63,74)(H,64,75)(H,65,77)(H,66,79)(H,67,78)(H,69,83)(H,81,82)/t37-,38?,39?,40?,43+,46+,48+,53-/m0/s1. The van der Waals surface area contributed by atoms with E-state index >= 15 is 0 Å². The van der Waals surface area contributed by atoms with Gasteiger partial charge >= 0.3 is 17.9 Å². The molecule has 0 spiro atoms. The molecule has 8 atom stereocenters. The fraction of sp³-hybridized carbons (Fsp3) is 0.639. The van der Waals surface area contributed by atoms with Gasteiger partial charge in [-0.1, -0.05) is 47.1 Å². The summed E-state index contributed by atoms with van der Waals surface area (Å²) in [5.41, 5.74) is -0.611. The number of nitrogens with one attached hydrogen (secondary N) is 7. The number of amides is 8. The smallest absolute Gasteiger partial charge is 0.313 e. The molecule has 3 unspecified atom stereocenters. The number of benzene rings is 1. The number of thiazole rings is 1. The van der Waals surface area contributed by atoms with Crippen LogP contribution < -0.4 is 42.0 Å². The lowest BCUT2D eigenvalue weighted by atomic mass is 9.92. The molecule has 0 aliphatic carbocycles. The van der Waals surface area contributed by atoms with Crippen molar-refractivity contribution in [1.29, 1.82) is 0 Å². The summed E-state index contributed by atoms with van der Waals surface area (Å²) in [5, 5.41) is 30.4. The normalized spacial score (nSPS) is 19.3. The van der Waals surface area contributed by atoms with E-state index in [1.54, 1.807) is 50.9 Å². The zero-order valence-corrected chi connectivity index (χ0v) is 54.8. The number of carboxylic acids is 1. The second kappa shape index (κ2) is 38.8. The van der Waals surface area contributed by atoms with Gasteiger partial charge in [0.1, 0.15) is 28.8 Å². The predicted octanol–water partition coefficient (Wildman–Crippen LogP) is 1.89. The summed E-state index contributed by atoms with van der Waals surface area (Å²) in [4.78, 5) is 152. The van der Waals surface area contributed by atoms with Crippen molar-refractivity contribution in [3.05, 3.63) is 39.8 Å². The van der Waals surface area contributed by atoms with Gasteiger partial charge in [-0.05, 0) is 84.2 Å². The van der Waals surface area contributed by atoms with E-state index in [0.717, 1.165) is 11.3 Å². The van der Waals surface area contributed by atoms with E-state index in [4.69, 9.17) is 28.4 Å². The zero-order chi connectivity index (χ0) is 67.3. The molecule has 0 saturated carbocycles. The van der Waals surface area contributed by atoms with Gasteiger partial charge in [-0.3, -0.25) is 57.6 Å². The lowest BCUT2D eigenvalue weighted by molar-refractivity contribution is -0.149. The van der Waals surface area contributed by atoms with Crippen LogP contribution >= 0.6 is 11.3 Å². The Morgan fingerprint density at radius 1 is 0.800 bits per heavy atom. The van der Waals surface area contributed by atoms with Gasteiger partial charge in [-0.2, -0.15) is 0 Å². The van der Waals surface area contributed by atoms with Crippen LogP contribution in [-0.2, 0) is 78.1 Å². The molecule has 1 aliphatic heterocycles. The molecule has 2 heterocycles. The zero-order valence-electron chi connectivity index (χ0n) is 54.0. The number of anilines is 1. The van der Waals surface area contributed by atoms with Crippen molar-refractivity contribution in [2.75, 3.05) is 92.4 Å². The van der Waals surface area contributed by atoms with E-state index < -0.39 is 101 Å². The number of carbonyl (C=O) groups excluding carboxylic acids is 10. The Balaban J connectivity index is 1.91. The Hall–Kier alpha value is -7.62. The van der Waals surface area contributed by atoms with Crippen LogP contribution in [0.15, 0.2) is 23.6 Å². The Kier molecular flexibility index (Phi) is 33.1. The Labute approximate surface area is 530 Å². The third kappa shape index (κ3) is 26.8. The molecule has 0 saturated heterocycles. The first-order valence-electron chi connectivity index (χ1n) is 30.0. The molecular formula is C61H92N10O18S. The number of carboxylic acid groups (broad SMARTS) is 1. The maximum atomic E-state index is 14.4. The first-order valence-corrected chi connectivity index (χ1v) is 30.9. The van der Waals surface area contributed by atoms with Gasteiger partial charge in [0, 0.05) is 69.2 Å². The average Bonchev–Trinajstić information content (AvgIpc) is 1.33. The molecule has 500 valence electrons. The SMILES string of the molecule is CC[C@H](C)[C@H](NC(=O)C(C)(C)N(C)C)C(=O)N(C)[C@H](C[C@@H](OC(C)=O)c1nc(C(=O)N[C@@H](Cc2ccc3c(c2)NC(=O)C(C)NC(=O)C(C)NC(=O)CCOCCOCCNC(=O)C#CC(=O)NCCOCCOCCC(=O)O3)CC(C)C(=O)O)cs1)C(C)C. The first kappa shape index (κ1) is 76.6. The Bertz CT molecular complexity index is 2840. The molecule has 3 rings (SSSR count). The number of likely N-dealkylation sites (N-methyl/N-ethyl adjacent to an activating group) is 2. The molecule has 0 bridgehead atoms. The number of rotatable bonds is 19. The Morgan fingerprint density at radius 3 is 1.93 bits per heavy atom. The number of carbonyl (C=O) groups is 11. The third-order valence-electron chi connectivity index (χ3n) is 14.8. The summed E-state index contributed by atoms with van der Waals surface area (Å²) in [6.45, 7) is 17.4. The molecule has 29 heteroatoms. The molecule has 1 aromatic heterocycles. The van der Waals surface area contributed by atoms with Crippen LogP contribution in [0.3, 0.4) is 0 Å². The third-order valence-corrected chi connectivity index (χ3v) is 15.7. The number of nitrogens with zero attached hydrogens (tertiary/aromatic N) is 3. The number of aliphatic carboxylic acids is 1. The number of fused-ring (bicyclic) bond motifs is 1.